The lowest BCUT2D eigenvalue weighted by molar-refractivity contribution is -0.288. The summed E-state index contributed by atoms with van der Waals surface area (Å²) < 4.78 is 0. The topological polar surface area (TPSA) is 68.0 Å². The molecule has 0 bridgehead atoms. The summed E-state index contributed by atoms with van der Waals surface area (Å²) in [5.74, 6) is 0.0739. The molecule has 5 heteroatoms. The second-order valence-corrected chi connectivity index (χ2v) is 7.63. The predicted molar refractivity (Wildman–Crippen MR) is 111 cm³/mol. The van der Waals surface area contributed by atoms with E-state index in [-0.39, 0.29) is 5.91 Å². The van der Waals surface area contributed by atoms with Gasteiger partial charge in [0.1, 0.15) is 0 Å². The number of carbonyl (C=O) groups is 1. The van der Waals surface area contributed by atoms with Gasteiger partial charge in [0.15, 0.2) is 11.6 Å². The van der Waals surface area contributed by atoms with E-state index in [9.17, 15) is 4.79 Å². The first kappa shape index (κ1) is 21.6. The lowest BCUT2D eigenvalue weighted by Gasteiger charge is -2.08. The number of nitrogens with one attached hydrogen (secondary N) is 1. The molecule has 0 aliphatic heterocycles. The van der Waals surface area contributed by atoms with Crippen molar-refractivity contribution in [2.75, 3.05) is 11.9 Å². The normalized spacial score (nSPS) is 11.0. The quantitative estimate of drug-likeness (QED) is 0.466. The largest absolute Gasteiger partial charge is 0.330 e. The van der Waals surface area contributed by atoms with Crippen molar-refractivity contribution in [1.29, 1.82) is 0 Å². The molecule has 1 aromatic carbocycles. The van der Waals surface area contributed by atoms with Crippen LogP contribution in [0, 0.1) is 11.6 Å². The highest BCUT2D eigenvalue weighted by atomic mass is 35.5. The van der Waals surface area contributed by atoms with Crippen LogP contribution in [0.25, 0.3) is 10.9 Å². The molecule has 4 nitrogen and oxygen atoms in total. The molecule has 0 radical (unpaired) electrons. The molecule has 148 valence electrons. The van der Waals surface area contributed by atoms with E-state index in [2.05, 4.69) is 10.3 Å². The van der Waals surface area contributed by atoms with Crippen LogP contribution in [0.3, 0.4) is 0 Å². The van der Waals surface area contributed by atoms with Crippen LogP contribution in [0.4, 0.5) is 5.69 Å². The third-order valence-corrected chi connectivity index (χ3v) is 5.10. The number of hydrogen-bond acceptors (Lipinski definition) is 3. The van der Waals surface area contributed by atoms with Gasteiger partial charge in [-0.3, -0.25) is 9.78 Å². The van der Waals surface area contributed by atoms with Gasteiger partial charge >= 0.3 is 0 Å². The molecular formula is C22H33ClN3O+. The maximum atomic E-state index is 12.2. The minimum absolute atomic E-state index is 0.0739. The van der Waals surface area contributed by atoms with Crippen molar-refractivity contribution in [1.82, 2.24) is 4.98 Å². The Kier molecular flexibility index (Phi) is 10.2. The summed E-state index contributed by atoms with van der Waals surface area (Å²) in [6.07, 6.45) is 14.5. The molecule has 27 heavy (non-hydrogen) atoms. The van der Waals surface area contributed by atoms with E-state index in [0.29, 0.717) is 6.42 Å². The van der Waals surface area contributed by atoms with Crippen LogP contribution in [-0.2, 0) is 4.79 Å². The molecule has 0 aliphatic carbocycles. The minimum atomic E-state index is 0.0739. The average Bonchev–Trinajstić information content (AvgIpc) is 2.66. The zero-order valence-corrected chi connectivity index (χ0v) is 17.0. The molecule has 0 fully saturated rings. The molecule has 0 saturated heterocycles. The first-order valence-corrected chi connectivity index (χ1v) is 10.7. The molecule has 0 aliphatic rings. The maximum Gasteiger partial charge on any atom is 0.227 e. The average molecular weight is 391 g/mol. The second kappa shape index (κ2) is 12.7. The Morgan fingerprint density at radius 1 is 0.926 bits per heavy atom. The molecule has 3 N–H and O–H groups in total. The molecule has 1 aromatic heterocycles. The van der Waals surface area contributed by atoms with Crippen LogP contribution in [0.5, 0.6) is 0 Å². The van der Waals surface area contributed by atoms with Crippen LogP contribution < -0.4 is 11.1 Å². The van der Waals surface area contributed by atoms with Crippen molar-refractivity contribution in [2.24, 2.45) is 5.73 Å². The summed E-state index contributed by atoms with van der Waals surface area (Å²) in [5.41, 5.74) is 7.13. The zero-order chi connectivity index (χ0) is 19.3. The molecule has 0 spiro atoms. The number of nitrogens with zero attached hydrogens (tertiary/aromatic N) is 1. The lowest BCUT2D eigenvalue weighted by Crippen LogP contribution is -2.11. The molecular weight excluding hydrogens is 358 g/mol. The van der Waals surface area contributed by atoms with Crippen LogP contribution >= 0.6 is 0 Å². The summed E-state index contributed by atoms with van der Waals surface area (Å²) in [6, 6.07) is 7.50. The second-order valence-electron chi connectivity index (χ2n) is 7.16. The highest BCUT2D eigenvalue weighted by Crippen LogP contribution is 2.23. The van der Waals surface area contributed by atoms with E-state index in [1.54, 1.807) is 6.20 Å². The standard InChI is InChI=1S/C22H32ClN3O/c23-18-12-13-19-20(14-16-25-21(19)17-18)26-22(27)11-9-7-5-3-1-2-4-6-8-10-15-24/h12-14,16-17,23H,1-11,15,24H2/p+1. The Morgan fingerprint density at radius 3 is 2.22 bits per heavy atom. The van der Waals surface area contributed by atoms with Crippen LogP contribution in [0.1, 0.15) is 70.6 Å². The van der Waals surface area contributed by atoms with Gasteiger partial charge in [0, 0.05) is 30.1 Å². The molecule has 2 aromatic rings. The molecule has 0 atom stereocenters. The van der Waals surface area contributed by atoms with Gasteiger partial charge in [-0.05, 0) is 31.5 Å². The fraction of sp³-hybridized carbons (Fsp3) is 0.545. The number of aromatic nitrogens is 1. The summed E-state index contributed by atoms with van der Waals surface area (Å²) in [5, 5.41) is 4.71. The fourth-order valence-electron chi connectivity index (χ4n) is 3.29. The van der Waals surface area contributed by atoms with Crippen molar-refractivity contribution >= 4 is 22.5 Å². The Hall–Kier alpha value is -1.65. The van der Waals surface area contributed by atoms with Gasteiger partial charge in [0.25, 0.3) is 0 Å². The number of fused-ring (bicyclic) bond motifs is 1. The van der Waals surface area contributed by atoms with Gasteiger partial charge in [-0.1, -0.05) is 51.4 Å². The third kappa shape index (κ3) is 8.27. The molecule has 1 amide bonds. The highest BCUT2D eigenvalue weighted by Gasteiger charge is 2.08. The fourth-order valence-corrected chi connectivity index (χ4v) is 3.47. The number of nitrogens with two attached hydrogens (primary N) is 1. The van der Waals surface area contributed by atoms with Crippen LogP contribution in [-0.4, -0.2) is 17.4 Å². The number of benzene rings is 1. The zero-order valence-electron chi connectivity index (χ0n) is 16.2. The Balaban J connectivity index is 1.58. The van der Waals surface area contributed by atoms with E-state index in [1.165, 1.54) is 44.9 Å². The number of amides is 1. The van der Waals surface area contributed by atoms with Gasteiger partial charge in [-0.15, -0.1) is 0 Å². The summed E-state index contributed by atoms with van der Waals surface area (Å²) in [4.78, 5) is 16.5. The van der Waals surface area contributed by atoms with Gasteiger partial charge < -0.3 is 11.1 Å². The Labute approximate surface area is 167 Å². The molecule has 0 unspecified atom stereocenters. The van der Waals surface area contributed by atoms with Gasteiger partial charge in [0.2, 0.25) is 10.9 Å². The number of halogens is 1. The number of hydrogen-bond donors (Lipinski definition) is 2. The molecule has 2 rings (SSSR count). The van der Waals surface area contributed by atoms with Crippen molar-refractivity contribution in [3.8, 4) is 0 Å². The van der Waals surface area contributed by atoms with E-state index < -0.39 is 0 Å². The Morgan fingerprint density at radius 2 is 1.56 bits per heavy atom. The number of pyridine rings is 1. The maximum absolute atomic E-state index is 12.2. The van der Waals surface area contributed by atoms with E-state index >= 15 is 0 Å². The smallest absolute Gasteiger partial charge is 0.227 e. The van der Waals surface area contributed by atoms with Gasteiger partial charge in [-0.2, -0.15) is 0 Å². The van der Waals surface area contributed by atoms with Crippen LogP contribution in [0.15, 0.2) is 30.5 Å². The number of carbonyl (C=O) groups excluding carboxylic acids is 1. The van der Waals surface area contributed by atoms with E-state index in [0.717, 1.165) is 47.4 Å². The summed E-state index contributed by atoms with van der Waals surface area (Å²) in [6.45, 7) is 0.820. The van der Waals surface area contributed by atoms with Gasteiger partial charge in [-0.25, -0.2) is 0 Å². The lowest BCUT2D eigenvalue weighted by atomic mass is 10.1. The number of rotatable bonds is 13. The number of unbranched alkanes of at least 4 members (excludes halogenated alkanes) is 9. The summed E-state index contributed by atoms with van der Waals surface area (Å²) >= 11 is 5.17. The van der Waals surface area contributed by atoms with E-state index in [1.807, 2.05) is 24.3 Å². The Bertz CT molecular complexity index is 705. The first-order chi connectivity index (χ1) is 13.2. The van der Waals surface area contributed by atoms with Crippen LogP contribution in [0.2, 0.25) is 5.02 Å². The highest BCUT2D eigenvalue weighted by molar-refractivity contribution is 6.00. The molecule has 1 heterocycles. The first-order valence-electron chi connectivity index (χ1n) is 10.3. The SMILES string of the molecule is NCCCCCCCCCCCCC(=O)Nc1ccnc2cc([ClH+])ccc12. The predicted octanol–water partition coefficient (Wildman–Crippen LogP) is 5.12. The third-order valence-electron chi connectivity index (χ3n) is 4.85. The molecule has 0 saturated carbocycles. The van der Waals surface area contributed by atoms with Crippen molar-refractivity contribution in [2.45, 2.75) is 70.6 Å². The van der Waals surface area contributed by atoms with Crippen molar-refractivity contribution in [3.63, 3.8) is 0 Å². The minimum Gasteiger partial charge on any atom is -0.330 e. The van der Waals surface area contributed by atoms with Crippen molar-refractivity contribution < 1.29 is 16.4 Å². The monoisotopic (exact) mass is 390 g/mol. The summed E-state index contributed by atoms with van der Waals surface area (Å²) in [7, 11) is 0. The number of anilines is 1. The van der Waals surface area contributed by atoms with Crippen molar-refractivity contribution in [3.05, 3.63) is 35.5 Å². The van der Waals surface area contributed by atoms with Gasteiger partial charge in [0.05, 0.1) is 11.2 Å². The van der Waals surface area contributed by atoms with E-state index in [4.69, 9.17) is 17.3 Å².